The zero-order valence-corrected chi connectivity index (χ0v) is 6.82. The second kappa shape index (κ2) is 5.82. The van der Waals surface area contributed by atoms with Gasteiger partial charge in [-0.05, 0) is 13.8 Å². The van der Waals surface area contributed by atoms with Crippen LogP contribution in [0, 0.1) is 23.9 Å². The molecule has 0 aliphatic rings. The molecule has 12 heavy (non-hydrogen) atoms. The standard InChI is InChI=1S/C8H8N2O2/c1-3-5-9-7(11)8(12)10-6-4-2/h1-2H3,(H,9,11)(H,10,12). The minimum absolute atomic E-state index is 0.813. The van der Waals surface area contributed by atoms with Gasteiger partial charge in [0.15, 0.2) is 0 Å². The first-order valence-electron chi connectivity index (χ1n) is 3.16. The Bertz CT molecular complexity index is 266. The molecular weight excluding hydrogens is 156 g/mol. The van der Waals surface area contributed by atoms with E-state index in [1.807, 2.05) is 0 Å². The largest absolute Gasteiger partial charge is 0.321 e. The fourth-order valence-corrected chi connectivity index (χ4v) is 0.352. The van der Waals surface area contributed by atoms with Crippen LogP contribution in [0.2, 0.25) is 0 Å². The van der Waals surface area contributed by atoms with E-state index in [4.69, 9.17) is 0 Å². The van der Waals surface area contributed by atoms with Crippen LogP contribution in [0.15, 0.2) is 0 Å². The molecule has 0 atom stereocenters. The molecule has 0 rings (SSSR count). The van der Waals surface area contributed by atoms with Crippen molar-refractivity contribution < 1.29 is 9.59 Å². The summed E-state index contributed by atoms with van der Waals surface area (Å²) in [6.07, 6.45) is 0. The molecule has 62 valence electrons. The quantitative estimate of drug-likeness (QED) is 0.279. The zero-order valence-electron chi connectivity index (χ0n) is 6.82. The fourth-order valence-electron chi connectivity index (χ4n) is 0.352. The van der Waals surface area contributed by atoms with Crippen molar-refractivity contribution in [2.45, 2.75) is 13.8 Å². The Labute approximate surface area is 70.7 Å². The Balaban J connectivity index is 3.96. The van der Waals surface area contributed by atoms with Gasteiger partial charge in [-0.2, -0.15) is 0 Å². The molecule has 0 aliphatic carbocycles. The van der Waals surface area contributed by atoms with E-state index in [9.17, 15) is 9.59 Å². The maximum atomic E-state index is 10.7. The highest BCUT2D eigenvalue weighted by molar-refractivity contribution is 6.35. The van der Waals surface area contributed by atoms with E-state index in [1.54, 1.807) is 13.8 Å². The lowest BCUT2D eigenvalue weighted by Crippen LogP contribution is -2.35. The first-order chi connectivity index (χ1) is 5.72. The molecule has 0 unspecified atom stereocenters. The summed E-state index contributed by atoms with van der Waals surface area (Å²) >= 11 is 0. The number of rotatable bonds is 0. The summed E-state index contributed by atoms with van der Waals surface area (Å²) in [7, 11) is 0. The normalized spacial score (nSPS) is 6.50. The van der Waals surface area contributed by atoms with Crippen LogP contribution in [0.1, 0.15) is 13.8 Å². The van der Waals surface area contributed by atoms with Gasteiger partial charge in [0, 0.05) is 12.1 Å². The minimum atomic E-state index is -0.813. The van der Waals surface area contributed by atoms with E-state index in [-0.39, 0.29) is 0 Å². The molecule has 0 aromatic heterocycles. The Morgan fingerprint density at radius 3 is 1.50 bits per heavy atom. The second-order valence-corrected chi connectivity index (χ2v) is 1.66. The highest BCUT2D eigenvalue weighted by Gasteiger charge is 2.09. The molecule has 0 radical (unpaired) electrons. The molecular formula is C8H8N2O2. The Morgan fingerprint density at radius 2 is 1.25 bits per heavy atom. The summed E-state index contributed by atoms with van der Waals surface area (Å²) in [5, 5.41) is 4.12. The van der Waals surface area contributed by atoms with Crippen LogP contribution >= 0.6 is 0 Å². The first kappa shape index (κ1) is 10.1. The predicted molar refractivity (Wildman–Crippen MR) is 43.2 cm³/mol. The average molecular weight is 164 g/mol. The lowest BCUT2D eigenvalue weighted by Gasteiger charge is -1.93. The predicted octanol–water partition coefficient (Wildman–Crippen LogP) is -0.820. The summed E-state index contributed by atoms with van der Waals surface area (Å²) in [4.78, 5) is 21.4. The molecule has 0 aromatic carbocycles. The fraction of sp³-hybridized carbons (Fsp3) is 0.250. The summed E-state index contributed by atoms with van der Waals surface area (Å²) < 4.78 is 0. The summed E-state index contributed by atoms with van der Waals surface area (Å²) in [5.74, 6) is 3.20. The Kier molecular flexibility index (Phi) is 4.88. The summed E-state index contributed by atoms with van der Waals surface area (Å²) in [6, 6.07) is 4.49. The Hall–Kier alpha value is -1.94. The van der Waals surface area contributed by atoms with Gasteiger partial charge in [-0.25, -0.2) is 0 Å². The third-order valence-corrected chi connectivity index (χ3v) is 0.808. The van der Waals surface area contributed by atoms with E-state index in [2.05, 4.69) is 34.6 Å². The monoisotopic (exact) mass is 164 g/mol. The highest BCUT2D eigenvalue weighted by atomic mass is 16.2. The summed E-state index contributed by atoms with van der Waals surface area (Å²) in [5.41, 5.74) is 0. The van der Waals surface area contributed by atoms with Gasteiger partial charge >= 0.3 is 11.8 Å². The van der Waals surface area contributed by atoms with Crippen LogP contribution in [0.25, 0.3) is 0 Å². The average Bonchev–Trinajstić information content (AvgIpc) is 2.10. The van der Waals surface area contributed by atoms with Crippen molar-refractivity contribution in [2.24, 2.45) is 0 Å². The molecule has 0 aromatic rings. The third kappa shape index (κ3) is 3.97. The van der Waals surface area contributed by atoms with Gasteiger partial charge in [0.1, 0.15) is 0 Å². The van der Waals surface area contributed by atoms with Crippen LogP contribution < -0.4 is 10.6 Å². The van der Waals surface area contributed by atoms with Crippen LogP contribution in [-0.2, 0) is 9.59 Å². The van der Waals surface area contributed by atoms with E-state index in [0.29, 0.717) is 0 Å². The lowest BCUT2D eigenvalue weighted by atomic mass is 10.5. The number of hydrogen-bond donors (Lipinski definition) is 2. The van der Waals surface area contributed by atoms with Gasteiger partial charge < -0.3 is 0 Å². The van der Waals surface area contributed by atoms with Gasteiger partial charge in [-0.3, -0.25) is 20.2 Å². The van der Waals surface area contributed by atoms with E-state index < -0.39 is 11.8 Å². The number of carbonyl (C=O) groups is 2. The second-order valence-electron chi connectivity index (χ2n) is 1.66. The number of amides is 2. The van der Waals surface area contributed by atoms with Crippen LogP contribution in [0.4, 0.5) is 0 Å². The van der Waals surface area contributed by atoms with Crippen LogP contribution in [0.5, 0.6) is 0 Å². The number of carbonyl (C=O) groups excluding carboxylic acids is 2. The van der Waals surface area contributed by atoms with Gasteiger partial charge in [0.25, 0.3) is 0 Å². The molecule has 0 bridgehead atoms. The van der Waals surface area contributed by atoms with Crippen molar-refractivity contribution in [2.75, 3.05) is 0 Å². The highest BCUT2D eigenvalue weighted by Crippen LogP contribution is 1.64. The molecule has 0 saturated heterocycles. The number of hydrogen-bond acceptors (Lipinski definition) is 2. The maximum Gasteiger partial charge on any atom is 0.321 e. The van der Waals surface area contributed by atoms with Gasteiger partial charge in [-0.1, -0.05) is 11.8 Å². The van der Waals surface area contributed by atoms with Gasteiger partial charge in [0.05, 0.1) is 0 Å². The van der Waals surface area contributed by atoms with Gasteiger partial charge in [0.2, 0.25) is 0 Å². The zero-order chi connectivity index (χ0) is 9.40. The van der Waals surface area contributed by atoms with Crippen molar-refractivity contribution in [3.63, 3.8) is 0 Å². The molecule has 0 fully saturated rings. The van der Waals surface area contributed by atoms with Crippen LogP contribution in [-0.4, -0.2) is 11.8 Å². The molecule has 4 nitrogen and oxygen atoms in total. The minimum Gasteiger partial charge on any atom is -0.277 e. The van der Waals surface area contributed by atoms with E-state index >= 15 is 0 Å². The molecule has 0 heterocycles. The lowest BCUT2D eigenvalue weighted by molar-refractivity contribution is -0.137. The molecule has 0 saturated carbocycles. The van der Waals surface area contributed by atoms with Crippen molar-refractivity contribution in [3.8, 4) is 23.9 Å². The molecule has 4 heteroatoms. The molecule has 0 aliphatic heterocycles. The van der Waals surface area contributed by atoms with Crippen molar-refractivity contribution in [1.82, 2.24) is 10.6 Å². The molecule has 2 amide bonds. The molecule has 0 spiro atoms. The van der Waals surface area contributed by atoms with Crippen LogP contribution in [0.3, 0.4) is 0 Å². The van der Waals surface area contributed by atoms with Crippen molar-refractivity contribution in [1.29, 1.82) is 0 Å². The van der Waals surface area contributed by atoms with Crippen molar-refractivity contribution >= 4 is 11.8 Å². The number of nitrogens with one attached hydrogen (secondary N) is 2. The summed E-state index contributed by atoms with van der Waals surface area (Å²) in [6.45, 7) is 3.09. The topological polar surface area (TPSA) is 58.2 Å². The van der Waals surface area contributed by atoms with E-state index in [1.165, 1.54) is 0 Å². The van der Waals surface area contributed by atoms with Gasteiger partial charge in [-0.15, -0.1) is 0 Å². The van der Waals surface area contributed by atoms with E-state index in [0.717, 1.165) is 0 Å². The van der Waals surface area contributed by atoms with Crippen molar-refractivity contribution in [3.05, 3.63) is 0 Å². The Morgan fingerprint density at radius 1 is 0.917 bits per heavy atom. The SMILES string of the molecule is CC#CNC(=O)C(=O)NC#CC. The third-order valence-electron chi connectivity index (χ3n) is 0.808. The first-order valence-corrected chi connectivity index (χ1v) is 3.16. The molecule has 2 N–H and O–H groups in total. The smallest absolute Gasteiger partial charge is 0.277 e. The maximum absolute atomic E-state index is 10.7.